The fraction of sp³-hybridized carbons (Fsp3) is 0.619. The minimum absolute atomic E-state index is 0. The first-order valence-corrected chi connectivity index (χ1v) is 9.82. The van der Waals surface area contributed by atoms with E-state index in [0.717, 1.165) is 36.4 Å². The first kappa shape index (κ1) is 23.7. The third-order valence-electron chi connectivity index (χ3n) is 5.06. The molecule has 0 bridgehead atoms. The van der Waals surface area contributed by atoms with Gasteiger partial charge in [0, 0.05) is 32.7 Å². The summed E-state index contributed by atoms with van der Waals surface area (Å²) in [5.41, 5.74) is 1.81. The van der Waals surface area contributed by atoms with Gasteiger partial charge in [-0.25, -0.2) is 4.99 Å². The molecule has 5 nitrogen and oxygen atoms in total. The van der Waals surface area contributed by atoms with E-state index in [2.05, 4.69) is 24.5 Å². The van der Waals surface area contributed by atoms with Gasteiger partial charge < -0.3 is 15.5 Å². The standard InChI is InChI=1S/C21H34N4O.HI/c1-5-22-21(23-14-17-8-6-16(2)7-9-17)24-15-18-10-12-19(13-11-18)20(26)25(3)4;/h10-13,16-17H,5-9,14-15H2,1-4H3,(H2,22,23,24);1H. The molecule has 1 aliphatic rings. The molecule has 0 radical (unpaired) electrons. The molecule has 0 saturated heterocycles. The lowest BCUT2D eigenvalue weighted by Gasteiger charge is -2.26. The molecule has 1 aliphatic carbocycles. The second-order valence-corrected chi connectivity index (χ2v) is 7.60. The minimum atomic E-state index is 0. The molecule has 152 valence electrons. The van der Waals surface area contributed by atoms with Crippen molar-refractivity contribution in [2.45, 2.75) is 46.1 Å². The zero-order valence-corrected chi connectivity index (χ0v) is 19.5. The Labute approximate surface area is 181 Å². The molecular weight excluding hydrogens is 451 g/mol. The molecule has 0 heterocycles. The summed E-state index contributed by atoms with van der Waals surface area (Å²) in [6, 6.07) is 7.70. The summed E-state index contributed by atoms with van der Waals surface area (Å²) in [6.45, 7) is 6.89. The molecule has 0 aromatic heterocycles. The van der Waals surface area contributed by atoms with Gasteiger partial charge in [-0.05, 0) is 49.3 Å². The van der Waals surface area contributed by atoms with Crippen LogP contribution in [0.5, 0.6) is 0 Å². The molecule has 1 aromatic rings. The van der Waals surface area contributed by atoms with Gasteiger partial charge in [-0.3, -0.25) is 4.79 Å². The second-order valence-electron chi connectivity index (χ2n) is 7.60. The van der Waals surface area contributed by atoms with Gasteiger partial charge in [0.2, 0.25) is 0 Å². The van der Waals surface area contributed by atoms with Crippen LogP contribution in [0.25, 0.3) is 0 Å². The van der Waals surface area contributed by atoms with Crippen molar-refractivity contribution in [2.75, 3.05) is 27.2 Å². The van der Waals surface area contributed by atoms with Gasteiger partial charge in [-0.15, -0.1) is 24.0 Å². The molecule has 0 aliphatic heterocycles. The van der Waals surface area contributed by atoms with Crippen LogP contribution < -0.4 is 10.6 Å². The zero-order chi connectivity index (χ0) is 18.9. The number of halogens is 1. The topological polar surface area (TPSA) is 56.7 Å². The van der Waals surface area contributed by atoms with Crippen LogP contribution in [0.2, 0.25) is 0 Å². The molecule has 2 N–H and O–H groups in total. The summed E-state index contributed by atoms with van der Waals surface area (Å²) in [5, 5.41) is 6.82. The van der Waals surface area contributed by atoms with E-state index in [0.29, 0.717) is 12.1 Å². The quantitative estimate of drug-likeness (QED) is 0.365. The third kappa shape index (κ3) is 8.07. The summed E-state index contributed by atoms with van der Waals surface area (Å²) in [4.78, 5) is 18.2. The summed E-state index contributed by atoms with van der Waals surface area (Å²) < 4.78 is 0. The number of nitrogens with one attached hydrogen (secondary N) is 2. The highest BCUT2D eigenvalue weighted by Gasteiger charge is 2.18. The largest absolute Gasteiger partial charge is 0.357 e. The van der Waals surface area contributed by atoms with E-state index in [-0.39, 0.29) is 29.9 Å². The van der Waals surface area contributed by atoms with E-state index in [9.17, 15) is 4.79 Å². The zero-order valence-electron chi connectivity index (χ0n) is 17.1. The van der Waals surface area contributed by atoms with Gasteiger partial charge in [-0.1, -0.05) is 31.9 Å². The maximum atomic E-state index is 11.9. The van der Waals surface area contributed by atoms with E-state index in [4.69, 9.17) is 4.99 Å². The Morgan fingerprint density at radius 1 is 1.11 bits per heavy atom. The maximum absolute atomic E-state index is 11.9. The third-order valence-corrected chi connectivity index (χ3v) is 5.06. The number of benzene rings is 1. The number of nitrogens with zero attached hydrogens (tertiary/aromatic N) is 2. The van der Waals surface area contributed by atoms with Crippen LogP contribution in [0, 0.1) is 11.8 Å². The maximum Gasteiger partial charge on any atom is 0.253 e. The average Bonchev–Trinajstić information content (AvgIpc) is 2.65. The van der Waals surface area contributed by atoms with Crippen molar-refractivity contribution in [3.63, 3.8) is 0 Å². The van der Waals surface area contributed by atoms with Crippen LogP contribution in [-0.4, -0.2) is 44.0 Å². The van der Waals surface area contributed by atoms with Gasteiger partial charge in [0.15, 0.2) is 5.96 Å². The van der Waals surface area contributed by atoms with Crippen LogP contribution in [0.3, 0.4) is 0 Å². The number of hydrogen-bond acceptors (Lipinski definition) is 2. The highest BCUT2D eigenvalue weighted by atomic mass is 127. The lowest BCUT2D eigenvalue weighted by Crippen LogP contribution is -2.40. The number of aliphatic imine (C=N–C) groups is 1. The average molecular weight is 486 g/mol. The van der Waals surface area contributed by atoms with Gasteiger partial charge >= 0.3 is 0 Å². The summed E-state index contributed by atoms with van der Waals surface area (Å²) in [7, 11) is 3.53. The summed E-state index contributed by atoms with van der Waals surface area (Å²) in [5.74, 6) is 2.54. The lowest BCUT2D eigenvalue weighted by atomic mass is 9.83. The predicted molar refractivity (Wildman–Crippen MR) is 124 cm³/mol. The Kier molecular flexibility index (Phi) is 10.7. The van der Waals surface area contributed by atoms with Crippen molar-refractivity contribution < 1.29 is 4.79 Å². The fourth-order valence-electron chi connectivity index (χ4n) is 3.30. The molecule has 0 unspecified atom stereocenters. The molecule has 0 atom stereocenters. The Hall–Kier alpha value is -1.31. The second kappa shape index (κ2) is 12.2. The summed E-state index contributed by atoms with van der Waals surface area (Å²) in [6.07, 6.45) is 5.32. The lowest BCUT2D eigenvalue weighted by molar-refractivity contribution is 0.0827. The van der Waals surface area contributed by atoms with Crippen molar-refractivity contribution in [1.29, 1.82) is 0 Å². The Bertz CT molecular complexity index is 593. The smallest absolute Gasteiger partial charge is 0.253 e. The molecule has 6 heteroatoms. The molecule has 2 rings (SSSR count). The van der Waals surface area contributed by atoms with E-state index < -0.39 is 0 Å². The monoisotopic (exact) mass is 486 g/mol. The SMILES string of the molecule is CCNC(=NCc1ccc(C(=O)N(C)C)cc1)NCC1CCC(C)CC1.I. The van der Waals surface area contributed by atoms with Crippen LogP contribution in [0.15, 0.2) is 29.3 Å². The Morgan fingerprint density at radius 3 is 2.30 bits per heavy atom. The van der Waals surface area contributed by atoms with Crippen molar-refractivity contribution in [3.05, 3.63) is 35.4 Å². The molecule has 1 amide bonds. The number of guanidine groups is 1. The van der Waals surface area contributed by atoms with E-state index in [1.807, 2.05) is 24.3 Å². The highest BCUT2D eigenvalue weighted by Crippen LogP contribution is 2.27. The van der Waals surface area contributed by atoms with Gasteiger partial charge in [0.05, 0.1) is 6.54 Å². The molecule has 1 fully saturated rings. The molecular formula is C21H35IN4O. The number of carbonyl (C=O) groups excluding carboxylic acids is 1. The van der Waals surface area contributed by atoms with Crippen molar-refractivity contribution in [2.24, 2.45) is 16.8 Å². The van der Waals surface area contributed by atoms with Crippen molar-refractivity contribution in [3.8, 4) is 0 Å². The summed E-state index contributed by atoms with van der Waals surface area (Å²) >= 11 is 0. The van der Waals surface area contributed by atoms with E-state index in [1.54, 1.807) is 19.0 Å². The van der Waals surface area contributed by atoms with Gasteiger partial charge in [-0.2, -0.15) is 0 Å². The fourth-order valence-corrected chi connectivity index (χ4v) is 3.30. The molecule has 0 spiro atoms. The first-order valence-electron chi connectivity index (χ1n) is 9.82. The van der Waals surface area contributed by atoms with Crippen LogP contribution >= 0.6 is 24.0 Å². The van der Waals surface area contributed by atoms with Gasteiger partial charge in [0.25, 0.3) is 5.91 Å². The number of amides is 1. The Balaban J connectivity index is 0.00000364. The number of carbonyl (C=O) groups is 1. The highest BCUT2D eigenvalue weighted by molar-refractivity contribution is 14.0. The van der Waals surface area contributed by atoms with Crippen LogP contribution in [-0.2, 0) is 6.54 Å². The minimum Gasteiger partial charge on any atom is -0.357 e. The van der Waals surface area contributed by atoms with Crippen molar-refractivity contribution >= 4 is 35.8 Å². The number of hydrogen-bond donors (Lipinski definition) is 2. The molecule has 27 heavy (non-hydrogen) atoms. The van der Waals surface area contributed by atoms with Crippen molar-refractivity contribution in [1.82, 2.24) is 15.5 Å². The predicted octanol–water partition coefficient (Wildman–Crippen LogP) is 3.89. The normalized spacial score (nSPS) is 19.8. The van der Waals surface area contributed by atoms with Gasteiger partial charge in [0.1, 0.15) is 0 Å². The number of rotatable bonds is 6. The van der Waals surface area contributed by atoms with Crippen LogP contribution in [0.1, 0.15) is 55.5 Å². The first-order chi connectivity index (χ1) is 12.5. The van der Waals surface area contributed by atoms with Crippen LogP contribution in [0.4, 0.5) is 0 Å². The van der Waals surface area contributed by atoms with E-state index in [1.165, 1.54) is 25.7 Å². The molecule has 1 saturated carbocycles. The molecule has 1 aromatic carbocycles. The Morgan fingerprint density at radius 2 is 1.74 bits per heavy atom. The van der Waals surface area contributed by atoms with E-state index >= 15 is 0 Å².